The Hall–Kier alpha value is -3.05. The van der Waals surface area contributed by atoms with Gasteiger partial charge in [-0.15, -0.1) is 0 Å². The maximum absolute atomic E-state index is 12.7. The topological polar surface area (TPSA) is 128 Å². The number of nitrogens with zero attached hydrogens (tertiary/aromatic N) is 4. The summed E-state index contributed by atoms with van der Waals surface area (Å²) in [5.41, 5.74) is -0.144. The molecule has 3 aliphatic rings. The second-order valence-electron chi connectivity index (χ2n) is 7.15. The predicted octanol–water partition coefficient (Wildman–Crippen LogP) is 1.71. The Balaban J connectivity index is 2.16. The zero-order valence-electron chi connectivity index (χ0n) is 16.5. The Labute approximate surface area is 166 Å². The van der Waals surface area contributed by atoms with Crippen LogP contribution in [-0.2, 0) is 14.3 Å². The smallest absolute Gasteiger partial charge is 0.299 e. The number of likely N-dealkylation sites (N-methyl/N-ethyl adjacent to an activating group) is 1. The molecule has 29 heavy (non-hydrogen) atoms. The number of anilines is 1. The van der Waals surface area contributed by atoms with Gasteiger partial charge in [0.25, 0.3) is 17.3 Å². The van der Waals surface area contributed by atoms with Gasteiger partial charge in [-0.05, 0) is 12.5 Å². The number of hydrogen-bond donors (Lipinski definition) is 0. The summed E-state index contributed by atoms with van der Waals surface area (Å²) in [4.78, 5) is 37.3. The van der Waals surface area contributed by atoms with Crippen LogP contribution >= 0.6 is 0 Å². The van der Waals surface area contributed by atoms with Crippen LogP contribution in [0, 0.1) is 26.1 Å². The standard InChI is InChI=1S/C18H22N4O7/c1-19(2)17(23)11-8-12-16(28-3)9-14(11)20(18(12)29-4)13-6-5-10(21(24)25)7-15(13)22(26)27/h5-8,12,14,16,18H,9H2,1-4H3/t12-,14-,16-,18+/m0/s1. The predicted molar refractivity (Wildman–Crippen MR) is 102 cm³/mol. The van der Waals surface area contributed by atoms with Gasteiger partial charge in [0.1, 0.15) is 11.9 Å². The molecule has 0 radical (unpaired) electrons. The molecule has 1 aliphatic carbocycles. The number of carbonyl (C=O) groups excluding carboxylic acids is 1. The van der Waals surface area contributed by atoms with Crippen molar-refractivity contribution in [2.75, 3.05) is 33.2 Å². The average molecular weight is 406 g/mol. The fraction of sp³-hybridized carbons (Fsp3) is 0.500. The van der Waals surface area contributed by atoms with Crippen molar-refractivity contribution in [1.29, 1.82) is 0 Å². The molecule has 0 unspecified atom stereocenters. The molecule has 2 bridgehead atoms. The van der Waals surface area contributed by atoms with Crippen LogP contribution in [0.5, 0.6) is 0 Å². The van der Waals surface area contributed by atoms with Gasteiger partial charge in [-0.3, -0.25) is 25.0 Å². The minimum atomic E-state index is -0.686. The maximum atomic E-state index is 12.7. The highest BCUT2D eigenvalue weighted by Crippen LogP contribution is 2.46. The van der Waals surface area contributed by atoms with Crippen molar-refractivity contribution in [3.8, 4) is 0 Å². The molecule has 1 aromatic rings. The lowest BCUT2D eigenvalue weighted by molar-refractivity contribution is -0.393. The number of benzene rings is 1. The minimum absolute atomic E-state index is 0.161. The van der Waals surface area contributed by atoms with Gasteiger partial charge in [0, 0.05) is 45.9 Å². The van der Waals surface area contributed by atoms with E-state index in [0.29, 0.717) is 12.0 Å². The van der Waals surface area contributed by atoms with E-state index in [-0.39, 0.29) is 29.3 Å². The molecular formula is C18H22N4O7. The van der Waals surface area contributed by atoms with E-state index < -0.39 is 27.8 Å². The summed E-state index contributed by atoms with van der Waals surface area (Å²) in [5.74, 6) is -0.553. The zero-order valence-corrected chi connectivity index (χ0v) is 16.5. The quantitative estimate of drug-likeness (QED) is 0.516. The highest BCUT2D eigenvalue weighted by molar-refractivity contribution is 5.96. The lowest BCUT2D eigenvalue weighted by atomic mass is 9.76. The second-order valence-corrected chi connectivity index (χ2v) is 7.15. The Morgan fingerprint density at radius 3 is 2.38 bits per heavy atom. The fourth-order valence-electron chi connectivity index (χ4n) is 4.11. The van der Waals surface area contributed by atoms with E-state index in [4.69, 9.17) is 9.47 Å². The molecule has 1 amide bonds. The molecule has 0 aromatic heterocycles. The van der Waals surface area contributed by atoms with E-state index in [9.17, 15) is 25.0 Å². The molecule has 1 fully saturated rings. The highest BCUT2D eigenvalue weighted by atomic mass is 16.6. The number of nitro groups is 2. The van der Waals surface area contributed by atoms with E-state index >= 15 is 0 Å². The fourth-order valence-corrected chi connectivity index (χ4v) is 4.11. The third-order valence-corrected chi connectivity index (χ3v) is 5.40. The van der Waals surface area contributed by atoms with Crippen LogP contribution in [0.2, 0.25) is 0 Å². The van der Waals surface area contributed by atoms with Crippen LogP contribution in [-0.4, -0.2) is 67.3 Å². The molecule has 156 valence electrons. The van der Waals surface area contributed by atoms with Gasteiger partial charge in [-0.25, -0.2) is 0 Å². The summed E-state index contributed by atoms with van der Waals surface area (Å²) < 4.78 is 11.2. The molecule has 4 rings (SSSR count). The van der Waals surface area contributed by atoms with Gasteiger partial charge in [0.05, 0.1) is 28.1 Å². The van der Waals surface area contributed by atoms with Gasteiger partial charge in [-0.2, -0.15) is 0 Å². The molecule has 1 saturated heterocycles. The van der Waals surface area contributed by atoms with E-state index in [1.807, 2.05) is 6.08 Å². The van der Waals surface area contributed by atoms with Gasteiger partial charge < -0.3 is 19.3 Å². The summed E-state index contributed by atoms with van der Waals surface area (Å²) in [6.07, 6.45) is 1.39. The first-order chi connectivity index (χ1) is 13.7. The number of rotatable bonds is 6. The molecule has 1 aromatic carbocycles. The average Bonchev–Trinajstić information content (AvgIpc) is 2.71. The number of ether oxygens (including phenoxy) is 2. The van der Waals surface area contributed by atoms with Gasteiger partial charge in [0.15, 0.2) is 0 Å². The van der Waals surface area contributed by atoms with E-state index in [0.717, 1.165) is 6.07 Å². The molecule has 0 saturated carbocycles. The van der Waals surface area contributed by atoms with Crippen molar-refractivity contribution < 1.29 is 24.1 Å². The summed E-state index contributed by atoms with van der Waals surface area (Å²) in [6.45, 7) is 0. The molecule has 4 atom stereocenters. The van der Waals surface area contributed by atoms with Crippen molar-refractivity contribution in [3.63, 3.8) is 0 Å². The number of amides is 1. The summed E-state index contributed by atoms with van der Waals surface area (Å²) in [6, 6.07) is 2.94. The minimum Gasteiger partial charge on any atom is -0.381 e. The van der Waals surface area contributed by atoms with Gasteiger partial charge in [-0.1, -0.05) is 6.08 Å². The summed E-state index contributed by atoms with van der Waals surface area (Å²) >= 11 is 0. The van der Waals surface area contributed by atoms with Gasteiger partial charge in [0.2, 0.25) is 0 Å². The zero-order chi connectivity index (χ0) is 21.5. The van der Waals surface area contributed by atoms with E-state index in [1.165, 1.54) is 24.1 Å². The Morgan fingerprint density at radius 1 is 1.17 bits per heavy atom. The first kappa shape index (κ1) is 20.7. The first-order valence-electron chi connectivity index (χ1n) is 8.91. The maximum Gasteiger partial charge on any atom is 0.299 e. The highest BCUT2D eigenvalue weighted by Gasteiger charge is 2.51. The van der Waals surface area contributed by atoms with Crippen molar-refractivity contribution in [1.82, 2.24) is 4.90 Å². The van der Waals surface area contributed by atoms with Crippen molar-refractivity contribution >= 4 is 23.0 Å². The van der Waals surface area contributed by atoms with Crippen LogP contribution < -0.4 is 4.90 Å². The van der Waals surface area contributed by atoms with Crippen LogP contribution in [0.25, 0.3) is 0 Å². The lowest BCUT2D eigenvalue weighted by Gasteiger charge is -2.53. The normalized spacial score (nSPS) is 25.5. The summed E-state index contributed by atoms with van der Waals surface area (Å²) in [5, 5.41) is 22.8. The molecule has 11 heteroatoms. The molecule has 0 spiro atoms. The van der Waals surface area contributed by atoms with Gasteiger partial charge >= 0.3 is 0 Å². The SMILES string of the molecule is CO[C@H]1C[C@H]2C(C(=O)N(C)C)=C[C@@H]1[C@@H](OC)N2c1ccc([N+](=O)[O-])cc1[N+](=O)[O-]. The third kappa shape index (κ3) is 3.42. The summed E-state index contributed by atoms with van der Waals surface area (Å²) in [7, 11) is 6.30. The van der Waals surface area contributed by atoms with Crippen molar-refractivity contribution in [2.45, 2.75) is 24.8 Å². The van der Waals surface area contributed by atoms with Crippen molar-refractivity contribution in [3.05, 3.63) is 50.1 Å². The van der Waals surface area contributed by atoms with Crippen LogP contribution in [0.1, 0.15) is 6.42 Å². The third-order valence-electron chi connectivity index (χ3n) is 5.40. The Bertz CT molecular complexity index is 885. The molecule has 2 aliphatic heterocycles. The number of carbonyl (C=O) groups is 1. The monoisotopic (exact) mass is 406 g/mol. The Morgan fingerprint density at radius 2 is 1.86 bits per heavy atom. The van der Waals surface area contributed by atoms with E-state index in [1.54, 1.807) is 26.1 Å². The lowest BCUT2D eigenvalue weighted by Crippen LogP contribution is -2.62. The number of piperidine rings is 1. The number of methoxy groups -OCH3 is 2. The van der Waals surface area contributed by atoms with Crippen LogP contribution in [0.3, 0.4) is 0 Å². The first-order valence-corrected chi connectivity index (χ1v) is 8.91. The molecule has 2 heterocycles. The molecule has 0 N–H and O–H groups in total. The number of hydrogen-bond acceptors (Lipinski definition) is 8. The second kappa shape index (κ2) is 7.76. The number of fused-ring (bicyclic) bond motifs is 2. The van der Waals surface area contributed by atoms with E-state index in [2.05, 4.69) is 0 Å². The molecular weight excluding hydrogens is 384 g/mol. The van der Waals surface area contributed by atoms with Crippen LogP contribution in [0.4, 0.5) is 17.1 Å². The van der Waals surface area contributed by atoms with Crippen LogP contribution in [0.15, 0.2) is 29.8 Å². The number of non-ortho nitro benzene ring substituents is 1. The molecule has 11 nitrogen and oxygen atoms in total. The number of nitro benzene ring substituents is 2. The Kier molecular flexibility index (Phi) is 5.53. The van der Waals surface area contributed by atoms with Crippen molar-refractivity contribution in [2.24, 2.45) is 5.92 Å². The largest absolute Gasteiger partial charge is 0.381 e.